The Labute approximate surface area is 121 Å². The van der Waals surface area contributed by atoms with E-state index < -0.39 is 4.92 Å². The molecule has 0 amide bonds. The molecule has 0 saturated carbocycles. The van der Waals surface area contributed by atoms with E-state index in [4.69, 9.17) is 16.0 Å². The van der Waals surface area contributed by atoms with Gasteiger partial charge in [-0.1, -0.05) is 11.6 Å². The lowest BCUT2D eigenvalue weighted by atomic mass is 10.1. The van der Waals surface area contributed by atoms with E-state index in [1.54, 1.807) is 12.1 Å². The van der Waals surface area contributed by atoms with Crippen LogP contribution in [0.4, 0.5) is 5.69 Å². The number of rotatable bonds is 5. The summed E-state index contributed by atoms with van der Waals surface area (Å²) in [5, 5.41) is 14.6. The molecule has 0 spiro atoms. The first-order chi connectivity index (χ1) is 9.47. The van der Waals surface area contributed by atoms with Crippen molar-refractivity contribution in [1.82, 2.24) is 5.32 Å². The molecule has 0 aliphatic carbocycles. The Morgan fingerprint density at radius 1 is 1.40 bits per heavy atom. The summed E-state index contributed by atoms with van der Waals surface area (Å²) in [6.45, 7) is 4.19. The smallest absolute Gasteiger partial charge is 0.275 e. The van der Waals surface area contributed by atoms with E-state index in [-0.39, 0.29) is 11.7 Å². The molecule has 0 fully saturated rings. The SMILES string of the molecule is Cc1ccc(C(C)NCc2ccc(Cl)cc2[N+](=O)[O-])o1. The lowest BCUT2D eigenvalue weighted by Crippen LogP contribution is -2.18. The summed E-state index contributed by atoms with van der Waals surface area (Å²) in [7, 11) is 0. The van der Waals surface area contributed by atoms with Crippen molar-refractivity contribution in [3.8, 4) is 0 Å². The molecule has 0 bridgehead atoms. The van der Waals surface area contributed by atoms with Crippen molar-refractivity contribution in [3.63, 3.8) is 0 Å². The van der Waals surface area contributed by atoms with Gasteiger partial charge in [0.1, 0.15) is 11.5 Å². The molecule has 1 aromatic carbocycles. The summed E-state index contributed by atoms with van der Waals surface area (Å²) < 4.78 is 5.51. The Morgan fingerprint density at radius 2 is 2.15 bits per heavy atom. The van der Waals surface area contributed by atoms with Crippen LogP contribution in [0, 0.1) is 17.0 Å². The van der Waals surface area contributed by atoms with Crippen LogP contribution in [0.2, 0.25) is 5.02 Å². The van der Waals surface area contributed by atoms with Crippen molar-refractivity contribution in [2.45, 2.75) is 26.4 Å². The molecule has 6 heteroatoms. The van der Waals surface area contributed by atoms with Crippen molar-refractivity contribution in [3.05, 3.63) is 62.6 Å². The van der Waals surface area contributed by atoms with Gasteiger partial charge < -0.3 is 9.73 Å². The van der Waals surface area contributed by atoms with Crippen molar-refractivity contribution in [2.24, 2.45) is 0 Å². The number of nitro groups is 1. The van der Waals surface area contributed by atoms with Crippen LogP contribution in [-0.4, -0.2) is 4.92 Å². The van der Waals surface area contributed by atoms with Gasteiger partial charge in [0.15, 0.2) is 0 Å². The van der Waals surface area contributed by atoms with Crippen LogP contribution in [0.5, 0.6) is 0 Å². The molecular weight excluding hydrogens is 280 g/mol. The van der Waals surface area contributed by atoms with Gasteiger partial charge in [0.25, 0.3) is 5.69 Å². The average Bonchev–Trinajstić information content (AvgIpc) is 2.83. The van der Waals surface area contributed by atoms with Crippen molar-refractivity contribution in [2.75, 3.05) is 0 Å². The fourth-order valence-corrected chi connectivity index (χ4v) is 2.07. The number of hydrogen-bond acceptors (Lipinski definition) is 4. The van der Waals surface area contributed by atoms with Crippen LogP contribution in [0.3, 0.4) is 0 Å². The van der Waals surface area contributed by atoms with Gasteiger partial charge in [0.05, 0.1) is 11.0 Å². The highest BCUT2D eigenvalue weighted by Crippen LogP contribution is 2.24. The second kappa shape index (κ2) is 6.07. The zero-order valence-corrected chi connectivity index (χ0v) is 12.0. The Morgan fingerprint density at radius 3 is 2.75 bits per heavy atom. The first kappa shape index (κ1) is 14.6. The zero-order valence-electron chi connectivity index (χ0n) is 11.2. The van der Waals surface area contributed by atoms with Gasteiger partial charge in [-0.05, 0) is 38.1 Å². The predicted molar refractivity (Wildman–Crippen MR) is 76.8 cm³/mol. The molecule has 20 heavy (non-hydrogen) atoms. The number of aryl methyl sites for hydroxylation is 1. The molecule has 1 aromatic heterocycles. The normalized spacial score (nSPS) is 12.3. The standard InChI is InChI=1S/C14H15ClN2O3/c1-9-3-6-14(20-9)10(2)16-8-11-4-5-12(15)7-13(11)17(18)19/h3-7,10,16H,8H2,1-2H3. The Kier molecular flexibility index (Phi) is 4.42. The van der Waals surface area contributed by atoms with E-state index in [1.807, 2.05) is 26.0 Å². The fraction of sp³-hybridized carbons (Fsp3) is 0.286. The number of furan rings is 1. The second-order valence-electron chi connectivity index (χ2n) is 4.58. The molecular formula is C14H15ClN2O3. The molecule has 0 aliphatic heterocycles. The summed E-state index contributed by atoms with van der Waals surface area (Å²) in [6, 6.07) is 8.42. The van der Waals surface area contributed by atoms with E-state index in [9.17, 15) is 10.1 Å². The van der Waals surface area contributed by atoms with Crippen LogP contribution in [0.1, 0.15) is 30.0 Å². The van der Waals surface area contributed by atoms with Crippen LogP contribution >= 0.6 is 11.6 Å². The number of hydrogen-bond donors (Lipinski definition) is 1. The zero-order chi connectivity index (χ0) is 14.7. The first-order valence-electron chi connectivity index (χ1n) is 6.20. The highest BCUT2D eigenvalue weighted by Gasteiger charge is 2.16. The highest BCUT2D eigenvalue weighted by molar-refractivity contribution is 6.30. The molecule has 0 saturated heterocycles. The van der Waals surface area contributed by atoms with E-state index in [2.05, 4.69) is 5.32 Å². The number of benzene rings is 1. The topological polar surface area (TPSA) is 68.3 Å². The van der Waals surface area contributed by atoms with Crippen molar-refractivity contribution in [1.29, 1.82) is 0 Å². The van der Waals surface area contributed by atoms with Crippen LogP contribution in [0.15, 0.2) is 34.7 Å². The maximum Gasteiger partial charge on any atom is 0.275 e. The summed E-state index contributed by atoms with van der Waals surface area (Å²) >= 11 is 5.78. The molecule has 0 aliphatic rings. The van der Waals surface area contributed by atoms with E-state index in [1.165, 1.54) is 6.07 Å². The summed E-state index contributed by atoms with van der Waals surface area (Å²) in [5.41, 5.74) is 0.613. The Bertz CT molecular complexity index is 625. The van der Waals surface area contributed by atoms with Gasteiger partial charge in [0.2, 0.25) is 0 Å². The Hall–Kier alpha value is -1.85. The van der Waals surface area contributed by atoms with Crippen molar-refractivity contribution >= 4 is 17.3 Å². The minimum absolute atomic E-state index is 0.0211. The molecule has 5 nitrogen and oxygen atoms in total. The molecule has 1 heterocycles. The lowest BCUT2D eigenvalue weighted by Gasteiger charge is -2.11. The number of nitrogens with zero attached hydrogens (tertiary/aromatic N) is 1. The molecule has 1 N–H and O–H groups in total. The molecule has 0 radical (unpaired) electrons. The highest BCUT2D eigenvalue weighted by atomic mass is 35.5. The summed E-state index contributed by atoms with van der Waals surface area (Å²) in [4.78, 5) is 10.6. The lowest BCUT2D eigenvalue weighted by molar-refractivity contribution is -0.385. The average molecular weight is 295 g/mol. The van der Waals surface area contributed by atoms with Crippen LogP contribution in [0.25, 0.3) is 0 Å². The second-order valence-corrected chi connectivity index (χ2v) is 5.02. The third-order valence-corrected chi connectivity index (χ3v) is 3.27. The third-order valence-electron chi connectivity index (χ3n) is 3.03. The maximum atomic E-state index is 11.0. The molecule has 1 atom stereocenters. The monoisotopic (exact) mass is 294 g/mol. The quantitative estimate of drug-likeness (QED) is 0.668. The van der Waals surface area contributed by atoms with Gasteiger partial charge in [0, 0.05) is 23.2 Å². The fourth-order valence-electron chi connectivity index (χ4n) is 1.91. The number of nitro benzene ring substituents is 1. The Balaban J connectivity index is 2.09. The molecule has 1 unspecified atom stereocenters. The summed E-state index contributed by atoms with van der Waals surface area (Å²) in [5.74, 6) is 1.64. The number of halogens is 1. The van der Waals surface area contributed by atoms with Crippen LogP contribution < -0.4 is 5.32 Å². The molecule has 2 aromatic rings. The first-order valence-corrected chi connectivity index (χ1v) is 6.57. The van der Waals surface area contributed by atoms with E-state index in [0.29, 0.717) is 17.1 Å². The maximum absolute atomic E-state index is 11.0. The van der Waals surface area contributed by atoms with E-state index >= 15 is 0 Å². The third kappa shape index (κ3) is 3.37. The largest absolute Gasteiger partial charge is 0.465 e. The predicted octanol–water partition coefficient (Wildman–Crippen LogP) is 4.00. The molecule has 106 valence electrons. The minimum Gasteiger partial charge on any atom is -0.465 e. The van der Waals surface area contributed by atoms with E-state index in [0.717, 1.165) is 11.5 Å². The van der Waals surface area contributed by atoms with Gasteiger partial charge in [-0.15, -0.1) is 0 Å². The minimum atomic E-state index is -0.426. The molecule has 2 rings (SSSR count). The summed E-state index contributed by atoms with van der Waals surface area (Å²) in [6.07, 6.45) is 0. The van der Waals surface area contributed by atoms with Gasteiger partial charge in [-0.3, -0.25) is 10.1 Å². The van der Waals surface area contributed by atoms with Gasteiger partial charge in [-0.2, -0.15) is 0 Å². The van der Waals surface area contributed by atoms with Gasteiger partial charge in [-0.25, -0.2) is 0 Å². The van der Waals surface area contributed by atoms with Crippen LogP contribution in [-0.2, 0) is 6.54 Å². The van der Waals surface area contributed by atoms with Gasteiger partial charge >= 0.3 is 0 Å². The number of nitrogens with one attached hydrogen (secondary N) is 1. The van der Waals surface area contributed by atoms with Crippen molar-refractivity contribution < 1.29 is 9.34 Å².